The van der Waals surface area contributed by atoms with Gasteiger partial charge in [-0.3, -0.25) is 19.7 Å². The van der Waals surface area contributed by atoms with Crippen molar-refractivity contribution in [3.63, 3.8) is 0 Å². The zero-order valence-corrected chi connectivity index (χ0v) is 19.7. The van der Waals surface area contributed by atoms with Gasteiger partial charge in [-0.05, 0) is 48.2 Å². The molecule has 0 saturated carbocycles. The average molecular weight is 460 g/mol. The summed E-state index contributed by atoms with van der Waals surface area (Å²) < 4.78 is 0. The number of benzene rings is 3. The van der Waals surface area contributed by atoms with E-state index in [1.165, 1.54) is 24.3 Å². The molecular formula is C27H29N3O4. The van der Waals surface area contributed by atoms with Crippen LogP contribution in [0.2, 0.25) is 0 Å². The number of rotatable bonds is 9. The van der Waals surface area contributed by atoms with E-state index in [4.69, 9.17) is 0 Å². The first-order valence-electron chi connectivity index (χ1n) is 11.2. The van der Waals surface area contributed by atoms with Crippen molar-refractivity contribution >= 4 is 23.2 Å². The summed E-state index contributed by atoms with van der Waals surface area (Å²) in [5.74, 6) is 0.00844. The van der Waals surface area contributed by atoms with E-state index in [9.17, 15) is 19.7 Å². The number of non-ortho nitro benzene ring substituents is 1. The number of amides is 2. The van der Waals surface area contributed by atoms with Crippen molar-refractivity contribution in [3.8, 4) is 0 Å². The molecule has 0 saturated heterocycles. The maximum atomic E-state index is 13.5. The minimum Gasteiger partial charge on any atom is -0.356 e. The van der Waals surface area contributed by atoms with Crippen LogP contribution in [0, 0.1) is 23.0 Å². The number of anilines is 1. The molecule has 0 unspecified atom stereocenters. The summed E-state index contributed by atoms with van der Waals surface area (Å²) in [6.07, 6.45) is 0.213. The number of hydrogen-bond acceptors (Lipinski definition) is 4. The van der Waals surface area contributed by atoms with Crippen molar-refractivity contribution in [1.29, 1.82) is 0 Å². The van der Waals surface area contributed by atoms with Crippen LogP contribution in [0.1, 0.15) is 40.9 Å². The van der Waals surface area contributed by atoms with E-state index >= 15 is 0 Å². The van der Waals surface area contributed by atoms with Gasteiger partial charge in [0.25, 0.3) is 11.6 Å². The van der Waals surface area contributed by atoms with Crippen molar-refractivity contribution < 1.29 is 14.5 Å². The highest BCUT2D eigenvalue weighted by atomic mass is 16.6. The molecule has 0 aliphatic heterocycles. The SMILES string of the molecule is Cc1ccc(CN(C(=O)c2ccc([N+](=O)[O-])cc2)c2cccc(CC(=O)NCC(C)C)c2)cc1. The molecule has 0 aliphatic carbocycles. The van der Waals surface area contributed by atoms with Gasteiger partial charge in [-0.25, -0.2) is 0 Å². The monoisotopic (exact) mass is 459 g/mol. The van der Waals surface area contributed by atoms with Crippen molar-refractivity contribution in [2.75, 3.05) is 11.4 Å². The molecule has 0 bridgehead atoms. The zero-order valence-electron chi connectivity index (χ0n) is 19.7. The molecule has 176 valence electrons. The minimum absolute atomic E-state index is 0.0716. The van der Waals surface area contributed by atoms with E-state index in [1.807, 2.05) is 69.3 Å². The Morgan fingerprint density at radius 3 is 2.26 bits per heavy atom. The first-order chi connectivity index (χ1) is 16.2. The summed E-state index contributed by atoms with van der Waals surface area (Å²) in [5.41, 5.74) is 3.78. The third-order valence-electron chi connectivity index (χ3n) is 5.33. The topological polar surface area (TPSA) is 92.6 Å². The third-order valence-corrected chi connectivity index (χ3v) is 5.33. The van der Waals surface area contributed by atoms with Gasteiger partial charge >= 0.3 is 0 Å². The lowest BCUT2D eigenvalue weighted by atomic mass is 10.1. The Labute approximate surface area is 199 Å². The summed E-state index contributed by atoms with van der Waals surface area (Å²) in [5, 5.41) is 13.9. The summed E-state index contributed by atoms with van der Waals surface area (Å²) in [4.78, 5) is 37.9. The third kappa shape index (κ3) is 6.75. The van der Waals surface area contributed by atoms with Crippen LogP contribution in [0.5, 0.6) is 0 Å². The van der Waals surface area contributed by atoms with Crippen LogP contribution < -0.4 is 10.2 Å². The lowest BCUT2D eigenvalue weighted by Crippen LogP contribution is -2.31. The fraction of sp³-hybridized carbons (Fsp3) is 0.259. The largest absolute Gasteiger partial charge is 0.356 e. The average Bonchev–Trinajstić information content (AvgIpc) is 2.82. The molecule has 1 N–H and O–H groups in total. The van der Waals surface area contributed by atoms with Gasteiger partial charge in [-0.1, -0.05) is 55.8 Å². The summed E-state index contributed by atoms with van der Waals surface area (Å²) in [6.45, 7) is 6.99. The molecule has 2 amide bonds. The van der Waals surface area contributed by atoms with Gasteiger partial charge in [0.2, 0.25) is 5.91 Å². The van der Waals surface area contributed by atoms with Crippen LogP contribution in [0.4, 0.5) is 11.4 Å². The number of nitrogens with zero attached hydrogens (tertiary/aromatic N) is 2. The normalized spacial score (nSPS) is 10.7. The Hall–Kier alpha value is -4.00. The molecule has 0 spiro atoms. The molecule has 0 atom stereocenters. The molecule has 34 heavy (non-hydrogen) atoms. The van der Waals surface area contributed by atoms with Crippen molar-refractivity contribution in [3.05, 3.63) is 105 Å². The standard InChI is InChI=1S/C27H29N3O4/c1-19(2)17-28-26(31)16-22-5-4-6-25(15-22)29(18-21-9-7-20(3)8-10-21)27(32)23-11-13-24(14-12-23)30(33)34/h4-15,19H,16-18H2,1-3H3,(H,28,31). The lowest BCUT2D eigenvalue weighted by Gasteiger charge is -2.24. The highest BCUT2D eigenvalue weighted by molar-refractivity contribution is 6.06. The Kier molecular flexibility index (Phi) is 8.14. The number of nitro benzene ring substituents is 1. The molecule has 0 aliphatic rings. The Morgan fingerprint density at radius 1 is 0.971 bits per heavy atom. The number of nitrogens with one attached hydrogen (secondary N) is 1. The van der Waals surface area contributed by atoms with Gasteiger partial charge in [0.1, 0.15) is 0 Å². The number of nitro groups is 1. The van der Waals surface area contributed by atoms with E-state index in [1.54, 1.807) is 4.90 Å². The Morgan fingerprint density at radius 2 is 1.65 bits per heavy atom. The van der Waals surface area contributed by atoms with Crippen LogP contribution in [-0.2, 0) is 17.8 Å². The molecule has 0 radical (unpaired) electrons. The summed E-state index contributed by atoms with van der Waals surface area (Å²) in [7, 11) is 0. The molecule has 3 aromatic rings. The van der Waals surface area contributed by atoms with Gasteiger partial charge in [-0.2, -0.15) is 0 Å². The molecule has 0 fully saturated rings. The second kappa shape index (κ2) is 11.2. The smallest absolute Gasteiger partial charge is 0.269 e. The number of hydrogen-bond donors (Lipinski definition) is 1. The number of carbonyl (C=O) groups is 2. The second-order valence-electron chi connectivity index (χ2n) is 8.73. The number of carbonyl (C=O) groups excluding carboxylic acids is 2. The molecule has 7 heteroatoms. The van der Waals surface area contributed by atoms with Crippen LogP contribution in [-0.4, -0.2) is 23.3 Å². The molecule has 0 heterocycles. The zero-order chi connectivity index (χ0) is 24.7. The van der Waals surface area contributed by atoms with Gasteiger partial charge in [0.15, 0.2) is 0 Å². The first kappa shape index (κ1) is 24.6. The van der Waals surface area contributed by atoms with E-state index in [-0.39, 0.29) is 23.9 Å². The second-order valence-corrected chi connectivity index (χ2v) is 8.73. The Bertz CT molecular complexity index is 1160. The quantitative estimate of drug-likeness (QED) is 0.357. The lowest BCUT2D eigenvalue weighted by molar-refractivity contribution is -0.384. The summed E-state index contributed by atoms with van der Waals surface area (Å²) >= 11 is 0. The van der Waals surface area contributed by atoms with Gasteiger partial charge in [0.05, 0.1) is 17.9 Å². The van der Waals surface area contributed by atoms with Crippen molar-refractivity contribution in [1.82, 2.24) is 5.32 Å². The van der Waals surface area contributed by atoms with E-state index in [0.717, 1.165) is 16.7 Å². The predicted molar refractivity (Wildman–Crippen MR) is 133 cm³/mol. The highest BCUT2D eigenvalue weighted by Crippen LogP contribution is 2.23. The van der Waals surface area contributed by atoms with Crippen LogP contribution in [0.3, 0.4) is 0 Å². The Balaban J connectivity index is 1.90. The van der Waals surface area contributed by atoms with Crippen LogP contribution in [0.15, 0.2) is 72.8 Å². The van der Waals surface area contributed by atoms with E-state index < -0.39 is 4.92 Å². The predicted octanol–water partition coefficient (Wildman–Crippen LogP) is 5.06. The van der Waals surface area contributed by atoms with Gasteiger partial charge in [0, 0.05) is 29.9 Å². The van der Waals surface area contributed by atoms with E-state index in [0.29, 0.717) is 30.3 Å². The minimum atomic E-state index is -0.494. The summed E-state index contributed by atoms with van der Waals surface area (Å²) in [6, 6.07) is 20.8. The maximum Gasteiger partial charge on any atom is 0.269 e. The first-order valence-corrected chi connectivity index (χ1v) is 11.2. The molecule has 7 nitrogen and oxygen atoms in total. The van der Waals surface area contributed by atoms with Crippen molar-refractivity contribution in [2.24, 2.45) is 5.92 Å². The highest BCUT2D eigenvalue weighted by Gasteiger charge is 2.20. The fourth-order valence-electron chi connectivity index (χ4n) is 3.44. The molecule has 0 aromatic heterocycles. The number of aryl methyl sites for hydroxylation is 1. The van der Waals surface area contributed by atoms with Crippen molar-refractivity contribution in [2.45, 2.75) is 33.7 Å². The molecule has 3 aromatic carbocycles. The fourth-order valence-corrected chi connectivity index (χ4v) is 3.44. The van der Waals surface area contributed by atoms with Gasteiger partial charge in [-0.15, -0.1) is 0 Å². The molecule has 3 rings (SSSR count). The molecular weight excluding hydrogens is 430 g/mol. The van der Waals surface area contributed by atoms with E-state index in [2.05, 4.69) is 5.32 Å². The van der Waals surface area contributed by atoms with Gasteiger partial charge < -0.3 is 10.2 Å². The van der Waals surface area contributed by atoms with Crippen LogP contribution in [0.25, 0.3) is 0 Å². The van der Waals surface area contributed by atoms with Crippen LogP contribution >= 0.6 is 0 Å². The maximum absolute atomic E-state index is 13.5.